The molecule has 0 saturated heterocycles. The molecule has 0 fully saturated rings. The van der Waals surface area contributed by atoms with Gasteiger partial charge in [0.2, 0.25) is 0 Å². The summed E-state index contributed by atoms with van der Waals surface area (Å²) >= 11 is 3.36. The molecule has 0 aliphatic carbocycles. The third-order valence-electron chi connectivity index (χ3n) is 2.15. The lowest BCUT2D eigenvalue weighted by Crippen LogP contribution is -1.99. The molecule has 4 nitrogen and oxygen atoms in total. The van der Waals surface area contributed by atoms with Crippen LogP contribution in [0.5, 0.6) is 0 Å². The fraction of sp³-hybridized carbons (Fsp3) is 0. The smallest absolute Gasteiger partial charge is 0.153 e. The highest BCUT2D eigenvalue weighted by atomic mass is 79.9. The summed E-state index contributed by atoms with van der Waals surface area (Å²) in [6, 6.07) is 11.2. The van der Waals surface area contributed by atoms with Crippen molar-refractivity contribution in [2.45, 2.75) is 0 Å². The van der Waals surface area contributed by atoms with Gasteiger partial charge in [0.15, 0.2) is 5.82 Å². The minimum absolute atomic E-state index is 0.448. The maximum atomic E-state index is 8.70. The number of pyridine rings is 1. The summed E-state index contributed by atoms with van der Waals surface area (Å²) in [5.41, 5.74) is 7.57. The number of aromatic nitrogens is 1. The highest BCUT2D eigenvalue weighted by Gasteiger charge is 2.02. The van der Waals surface area contributed by atoms with Crippen LogP contribution in [0.1, 0.15) is 5.56 Å². The molecule has 17 heavy (non-hydrogen) atoms. The van der Waals surface area contributed by atoms with E-state index < -0.39 is 0 Å². The number of hydrogen-bond acceptors (Lipinski definition) is 4. The average molecular weight is 289 g/mol. The maximum Gasteiger partial charge on any atom is 0.153 e. The SMILES string of the molecule is N#Cc1cnc(Nc2ccc(Br)cc2)c(N)c1. The second kappa shape index (κ2) is 4.85. The minimum atomic E-state index is 0.448. The summed E-state index contributed by atoms with van der Waals surface area (Å²) in [7, 11) is 0. The summed E-state index contributed by atoms with van der Waals surface area (Å²) in [4.78, 5) is 4.10. The van der Waals surface area contributed by atoms with E-state index in [0.29, 0.717) is 17.1 Å². The van der Waals surface area contributed by atoms with Gasteiger partial charge in [0.05, 0.1) is 11.3 Å². The van der Waals surface area contributed by atoms with E-state index in [-0.39, 0.29) is 0 Å². The van der Waals surface area contributed by atoms with E-state index in [1.807, 2.05) is 30.3 Å². The van der Waals surface area contributed by atoms with Crippen molar-refractivity contribution in [3.05, 3.63) is 46.6 Å². The zero-order valence-corrected chi connectivity index (χ0v) is 10.4. The summed E-state index contributed by atoms with van der Waals surface area (Å²) in [5.74, 6) is 0.548. The number of anilines is 3. The fourth-order valence-electron chi connectivity index (χ4n) is 1.32. The Morgan fingerprint density at radius 3 is 2.59 bits per heavy atom. The van der Waals surface area contributed by atoms with Crippen molar-refractivity contribution >= 4 is 33.1 Å². The van der Waals surface area contributed by atoms with Crippen molar-refractivity contribution in [3.8, 4) is 6.07 Å². The largest absolute Gasteiger partial charge is 0.396 e. The number of rotatable bonds is 2. The molecular formula is C12H9BrN4. The van der Waals surface area contributed by atoms with Crippen molar-refractivity contribution in [2.75, 3.05) is 11.1 Å². The normalized spacial score (nSPS) is 9.65. The molecule has 2 rings (SSSR count). The van der Waals surface area contributed by atoms with Gasteiger partial charge in [0.25, 0.3) is 0 Å². The molecule has 0 radical (unpaired) electrons. The molecule has 2 aromatic rings. The monoisotopic (exact) mass is 288 g/mol. The van der Waals surface area contributed by atoms with Crippen LogP contribution in [0.3, 0.4) is 0 Å². The average Bonchev–Trinajstić information content (AvgIpc) is 2.34. The van der Waals surface area contributed by atoms with Gasteiger partial charge < -0.3 is 11.1 Å². The highest BCUT2D eigenvalue weighted by Crippen LogP contribution is 2.22. The fourth-order valence-corrected chi connectivity index (χ4v) is 1.58. The number of nitrogens with two attached hydrogens (primary N) is 1. The van der Waals surface area contributed by atoms with Gasteiger partial charge in [-0.05, 0) is 30.3 Å². The van der Waals surface area contributed by atoms with Gasteiger partial charge in [-0.1, -0.05) is 15.9 Å². The number of nitrogens with zero attached hydrogens (tertiary/aromatic N) is 2. The third kappa shape index (κ3) is 2.74. The molecule has 1 heterocycles. The van der Waals surface area contributed by atoms with E-state index in [4.69, 9.17) is 11.0 Å². The van der Waals surface area contributed by atoms with Gasteiger partial charge >= 0.3 is 0 Å². The molecule has 0 spiro atoms. The second-order valence-electron chi connectivity index (χ2n) is 3.41. The number of nitrogen functional groups attached to an aromatic ring is 1. The summed E-state index contributed by atoms with van der Waals surface area (Å²) in [6.07, 6.45) is 1.48. The number of halogens is 1. The van der Waals surface area contributed by atoms with Crippen molar-refractivity contribution < 1.29 is 0 Å². The van der Waals surface area contributed by atoms with Crippen LogP contribution in [0.2, 0.25) is 0 Å². The van der Waals surface area contributed by atoms with Gasteiger partial charge in [0, 0.05) is 16.4 Å². The van der Waals surface area contributed by atoms with E-state index in [1.165, 1.54) is 6.20 Å². The Hall–Kier alpha value is -2.06. The van der Waals surface area contributed by atoms with Gasteiger partial charge in [-0.3, -0.25) is 0 Å². The Kier molecular flexibility index (Phi) is 3.26. The zero-order valence-electron chi connectivity index (χ0n) is 8.81. The van der Waals surface area contributed by atoms with E-state index in [2.05, 4.69) is 26.2 Å². The van der Waals surface area contributed by atoms with Crippen LogP contribution in [-0.2, 0) is 0 Å². The Bertz CT molecular complexity index is 572. The van der Waals surface area contributed by atoms with E-state index in [1.54, 1.807) is 6.07 Å². The Balaban J connectivity index is 2.25. The predicted octanol–water partition coefficient (Wildman–Crippen LogP) is 3.04. The number of benzene rings is 1. The first-order valence-electron chi connectivity index (χ1n) is 4.87. The molecule has 0 aliphatic heterocycles. The number of nitriles is 1. The van der Waals surface area contributed by atoms with E-state index >= 15 is 0 Å². The van der Waals surface area contributed by atoms with Gasteiger partial charge in [-0.2, -0.15) is 5.26 Å². The second-order valence-corrected chi connectivity index (χ2v) is 4.32. The molecule has 0 atom stereocenters. The van der Waals surface area contributed by atoms with Crippen LogP contribution in [0.15, 0.2) is 41.0 Å². The van der Waals surface area contributed by atoms with Crippen LogP contribution in [0.25, 0.3) is 0 Å². The van der Waals surface area contributed by atoms with Crippen molar-refractivity contribution in [1.29, 1.82) is 5.26 Å². The summed E-state index contributed by atoms with van der Waals surface area (Å²) < 4.78 is 1.00. The number of hydrogen-bond donors (Lipinski definition) is 2. The first-order chi connectivity index (χ1) is 8.19. The van der Waals surface area contributed by atoms with Gasteiger partial charge in [-0.15, -0.1) is 0 Å². The van der Waals surface area contributed by atoms with Gasteiger partial charge in [0.1, 0.15) is 6.07 Å². The van der Waals surface area contributed by atoms with Gasteiger partial charge in [-0.25, -0.2) is 4.98 Å². The molecule has 5 heteroatoms. The van der Waals surface area contributed by atoms with E-state index in [0.717, 1.165) is 10.2 Å². The predicted molar refractivity (Wildman–Crippen MR) is 70.8 cm³/mol. The van der Waals surface area contributed by atoms with Crippen LogP contribution >= 0.6 is 15.9 Å². The Labute approximate surface area is 107 Å². The van der Waals surface area contributed by atoms with Crippen molar-refractivity contribution in [3.63, 3.8) is 0 Å². The van der Waals surface area contributed by atoms with Crippen molar-refractivity contribution in [1.82, 2.24) is 4.98 Å². The van der Waals surface area contributed by atoms with E-state index in [9.17, 15) is 0 Å². The lowest BCUT2D eigenvalue weighted by atomic mass is 10.2. The number of nitrogens with one attached hydrogen (secondary N) is 1. The summed E-state index contributed by atoms with van der Waals surface area (Å²) in [6.45, 7) is 0. The summed E-state index contributed by atoms with van der Waals surface area (Å²) in [5, 5.41) is 11.8. The van der Waals surface area contributed by atoms with Crippen LogP contribution in [-0.4, -0.2) is 4.98 Å². The Morgan fingerprint density at radius 1 is 1.29 bits per heavy atom. The van der Waals surface area contributed by atoms with Crippen LogP contribution < -0.4 is 11.1 Å². The molecule has 0 aliphatic rings. The lowest BCUT2D eigenvalue weighted by molar-refractivity contribution is 1.29. The maximum absolute atomic E-state index is 8.70. The lowest BCUT2D eigenvalue weighted by Gasteiger charge is -2.08. The molecule has 1 aromatic carbocycles. The molecule has 0 amide bonds. The molecule has 1 aromatic heterocycles. The molecule has 0 unspecified atom stereocenters. The van der Waals surface area contributed by atoms with Crippen LogP contribution in [0, 0.1) is 11.3 Å². The topological polar surface area (TPSA) is 74.7 Å². The minimum Gasteiger partial charge on any atom is -0.396 e. The highest BCUT2D eigenvalue weighted by molar-refractivity contribution is 9.10. The molecule has 0 saturated carbocycles. The third-order valence-corrected chi connectivity index (χ3v) is 2.68. The van der Waals surface area contributed by atoms with Crippen molar-refractivity contribution in [2.24, 2.45) is 0 Å². The zero-order chi connectivity index (χ0) is 12.3. The van der Waals surface area contributed by atoms with Crippen LogP contribution in [0.4, 0.5) is 17.2 Å². The Morgan fingerprint density at radius 2 is 2.00 bits per heavy atom. The quantitative estimate of drug-likeness (QED) is 0.891. The first-order valence-corrected chi connectivity index (χ1v) is 5.66. The molecule has 0 bridgehead atoms. The molecule has 3 N–H and O–H groups in total. The molecule has 84 valence electrons. The molecular weight excluding hydrogens is 280 g/mol. The first kappa shape index (κ1) is 11.4. The standard InChI is InChI=1S/C12H9BrN4/c13-9-1-3-10(4-2-9)17-12-11(15)5-8(6-14)7-16-12/h1-5,7H,15H2,(H,16,17).